The maximum absolute atomic E-state index is 12.6. The van der Waals surface area contributed by atoms with E-state index < -0.39 is 10.0 Å². The number of unbranched alkanes of at least 4 members (excludes halogenated alkanes) is 2. The number of sulfonamides is 1. The van der Waals surface area contributed by atoms with Crippen LogP contribution < -0.4 is 0 Å². The third kappa shape index (κ3) is 4.42. The Labute approximate surface area is 152 Å². The highest BCUT2D eigenvalue weighted by Gasteiger charge is 2.40. The summed E-state index contributed by atoms with van der Waals surface area (Å²) in [5, 5.41) is 0. The number of quaternary nitrogens is 1. The van der Waals surface area contributed by atoms with Gasteiger partial charge >= 0.3 is 0 Å². The lowest BCUT2D eigenvalue weighted by Gasteiger charge is -2.35. The number of carbonyl (C=O) groups excluding carboxylic acids is 1. The summed E-state index contributed by atoms with van der Waals surface area (Å²) in [4.78, 5) is 12.6. The van der Waals surface area contributed by atoms with Gasteiger partial charge in [0.25, 0.3) is 15.9 Å². The van der Waals surface area contributed by atoms with E-state index in [4.69, 9.17) is 0 Å². The van der Waals surface area contributed by atoms with E-state index >= 15 is 0 Å². The minimum atomic E-state index is -3.67. The molecule has 6 heteroatoms. The van der Waals surface area contributed by atoms with Crippen LogP contribution in [-0.2, 0) is 10.0 Å². The first kappa shape index (κ1) is 19.9. The van der Waals surface area contributed by atoms with Crippen molar-refractivity contribution < 1.29 is 17.7 Å². The summed E-state index contributed by atoms with van der Waals surface area (Å²) >= 11 is 0. The molecule has 25 heavy (non-hydrogen) atoms. The maximum atomic E-state index is 12.6. The van der Waals surface area contributed by atoms with Crippen molar-refractivity contribution in [1.29, 1.82) is 0 Å². The van der Waals surface area contributed by atoms with E-state index in [1.54, 1.807) is 18.2 Å². The Morgan fingerprint density at radius 2 is 1.52 bits per heavy atom. The predicted molar refractivity (Wildman–Crippen MR) is 99.9 cm³/mol. The predicted octanol–water partition coefficient (Wildman–Crippen LogP) is 3.27. The Bertz CT molecular complexity index is 692. The fourth-order valence-electron chi connectivity index (χ4n) is 3.46. The van der Waals surface area contributed by atoms with Gasteiger partial charge in [-0.15, -0.1) is 0 Å². The Kier molecular flexibility index (Phi) is 6.63. The largest absolute Gasteiger partial charge is 0.326 e. The Morgan fingerprint density at radius 1 is 0.960 bits per heavy atom. The zero-order chi connectivity index (χ0) is 18.5. The average molecular weight is 368 g/mol. The maximum Gasteiger partial charge on any atom is 0.269 e. The van der Waals surface area contributed by atoms with Crippen molar-refractivity contribution in [3.05, 3.63) is 29.8 Å². The first-order chi connectivity index (χ1) is 11.9. The molecule has 0 unspecified atom stereocenters. The number of hydrogen-bond acceptors (Lipinski definition) is 3. The number of benzene rings is 1. The van der Waals surface area contributed by atoms with Crippen LogP contribution in [0.25, 0.3) is 0 Å². The standard InChI is InChI=1S/C19H31N2O3S/c1-4-6-14-21(3,15-7-5-2)16-10-13-20-19(22)17-11-8-9-12-18(17)25(20,23)24/h8-9,11-12H,4-7,10,13-16H2,1-3H3/q+1. The fourth-order valence-corrected chi connectivity index (χ4v) is 5.07. The summed E-state index contributed by atoms with van der Waals surface area (Å²) in [5.74, 6) is -0.382. The molecule has 140 valence electrons. The zero-order valence-electron chi connectivity index (χ0n) is 15.7. The molecule has 2 rings (SSSR count). The molecule has 5 nitrogen and oxygen atoms in total. The quantitative estimate of drug-likeness (QED) is 0.597. The van der Waals surface area contributed by atoms with Gasteiger partial charge in [0.15, 0.2) is 0 Å². The van der Waals surface area contributed by atoms with Gasteiger partial charge in [-0.3, -0.25) is 4.79 Å². The molecule has 0 N–H and O–H groups in total. The van der Waals surface area contributed by atoms with E-state index in [-0.39, 0.29) is 17.3 Å². The van der Waals surface area contributed by atoms with Crippen LogP contribution in [0.5, 0.6) is 0 Å². The highest BCUT2D eigenvalue weighted by molar-refractivity contribution is 7.90. The van der Waals surface area contributed by atoms with Gasteiger partial charge in [-0.1, -0.05) is 38.8 Å². The number of fused-ring (bicyclic) bond motifs is 1. The lowest BCUT2D eigenvalue weighted by molar-refractivity contribution is -0.910. The van der Waals surface area contributed by atoms with Crippen LogP contribution in [0.2, 0.25) is 0 Å². The number of hydrogen-bond donors (Lipinski definition) is 0. The van der Waals surface area contributed by atoms with Crippen LogP contribution in [0.1, 0.15) is 56.3 Å². The number of carbonyl (C=O) groups is 1. The molecule has 1 heterocycles. The van der Waals surface area contributed by atoms with Gasteiger partial charge in [-0.2, -0.15) is 0 Å². The van der Waals surface area contributed by atoms with Gasteiger partial charge in [0.2, 0.25) is 0 Å². The van der Waals surface area contributed by atoms with Crippen molar-refractivity contribution in [3.63, 3.8) is 0 Å². The van der Waals surface area contributed by atoms with Crippen LogP contribution in [0.15, 0.2) is 29.2 Å². The van der Waals surface area contributed by atoms with E-state index in [2.05, 4.69) is 20.9 Å². The first-order valence-electron chi connectivity index (χ1n) is 9.35. The van der Waals surface area contributed by atoms with Gasteiger partial charge in [0, 0.05) is 13.0 Å². The molecule has 1 aliphatic heterocycles. The molecule has 0 radical (unpaired) electrons. The van der Waals surface area contributed by atoms with Gasteiger partial charge in [-0.05, 0) is 25.0 Å². The van der Waals surface area contributed by atoms with Crippen LogP contribution in [0, 0.1) is 0 Å². The molecule has 0 aliphatic carbocycles. The van der Waals surface area contributed by atoms with E-state index in [1.807, 2.05) is 0 Å². The molecular weight excluding hydrogens is 336 g/mol. The molecule has 0 atom stereocenters. The monoisotopic (exact) mass is 367 g/mol. The van der Waals surface area contributed by atoms with E-state index in [0.717, 1.165) is 41.3 Å². The highest BCUT2D eigenvalue weighted by atomic mass is 32.2. The topological polar surface area (TPSA) is 54.5 Å². The molecule has 1 aliphatic rings. The van der Waals surface area contributed by atoms with Gasteiger partial charge in [-0.25, -0.2) is 12.7 Å². The fraction of sp³-hybridized carbons (Fsp3) is 0.632. The third-order valence-electron chi connectivity index (χ3n) is 5.07. The Balaban J connectivity index is 2.02. The Hall–Kier alpha value is -1.40. The van der Waals surface area contributed by atoms with E-state index in [1.165, 1.54) is 18.9 Å². The Morgan fingerprint density at radius 3 is 2.08 bits per heavy atom. The summed E-state index contributed by atoms with van der Waals surface area (Å²) in [7, 11) is -1.42. The van der Waals surface area contributed by atoms with Crippen molar-refractivity contribution in [3.8, 4) is 0 Å². The van der Waals surface area contributed by atoms with Gasteiger partial charge < -0.3 is 4.48 Å². The molecule has 1 aromatic rings. The molecule has 0 spiro atoms. The number of nitrogens with zero attached hydrogens (tertiary/aromatic N) is 2. The molecule has 0 aromatic heterocycles. The average Bonchev–Trinajstić information content (AvgIpc) is 2.79. The van der Waals surface area contributed by atoms with Crippen LogP contribution in [-0.4, -0.2) is 56.3 Å². The summed E-state index contributed by atoms with van der Waals surface area (Å²) in [6.07, 6.45) is 5.37. The molecular formula is C19H31N2O3S+. The second kappa shape index (κ2) is 8.32. The molecule has 0 saturated heterocycles. The van der Waals surface area contributed by atoms with E-state index in [0.29, 0.717) is 12.0 Å². The summed E-state index contributed by atoms with van der Waals surface area (Å²) < 4.78 is 27.2. The van der Waals surface area contributed by atoms with Crippen molar-refractivity contribution in [2.75, 3.05) is 33.2 Å². The second-order valence-corrected chi connectivity index (χ2v) is 9.06. The lowest BCUT2D eigenvalue weighted by atomic mass is 10.2. The normalized spacial score (nSPS) is 16.3. The van der Waals surface area contributed by atoms with E-state index in [9.17, 15) is 13.2 Å². The summed E-state index contributed by atoms with van der Waals surface area (Å²) in [6.45, 7) is 7.76. The third-order valence-corrected chi connectivity index (χ3v) is 6.91. The lowest BCUT2D eigenvalue weighted by Crippen LogP contribution is -2.47. The van der Waals surface area contributed by atoms with Gasteiger partial charge in [0.05, 0.1) is 32.2 Å². The zero-order valence-corrected chi connectivity index (χ0v) is 16.5. The van der Waals surface area contributed by atoms with Crippen molar-refractivity contribution in [1.82, 2.24) is 4.31 Å². The van der Waals surface area contributed by atoms with Crippen LogP contribution in [0.3, 0.4) is 0 Å². The van der Waals surface area contributed by atoms with Gasteiger partial charge in [0.1, 0.15) is 4.90 Å². The second-order valence-electron chi connectivity index (χ2n) is 7.23. The molecule has 0 bridgehead atoms. The minimum absolute atomic E-state index is 0.147. The molecule has 1 aromatic carbocycles. The first-order valence-corrected chi connectivity index (χ1v) is 10.8. The highest BCUT2D eigenvalue weighted by Crippen LogP contribution is 2.30. The molecule has 0 fully saturated rings. The summed E-state index contributed by atoms with van der Waals surface area (Å²) in [5.41, 5.74) is 0.303. The van der Waals surface area contributed by atoms with Crippen molar-refractivity contribution in [2.45, 2.75) is 50.8 Å². The number of rotatable bonds is 10. The molecule has 0 saturated carbocycles. The van der Waals surface area contributed by atoms with Crippen molar-refractivity contribution >= 4 is 15.9 Å². The SMILES string of the molecule is CCCC[N+](C)(CCCC)CCCN1C(=O)c2ccccc2S1(=O)=O. The van der Waals surface area contributed by atoms with Crippen molar-refractivity contribution in [2.24, 2.45) is 0 Å². The summed E-state index contributed by atoms with van der Waals surface area (Å²) in [6, 6.07) is 6.49. The number of amides is 1. The smallest absolute Gasteiger partial charge is 0.269 e. The minimum Gasteiger partial charge on any atom is -0.326 e. The van der Waals surface area contributed by atoms with Crippen LogP contribution in [0.4, 0.5) is 0 Å². The van der Waals surface area contributed by atoms with Crippen LogP contribution >= 0.6 is 0 Å². The molecule has 1 amide bonds.